The lowest BCUT2D eigenvalue weighted by atomic mass is 10.1. The normalized spacial score (nSPS) is 30.3. The maximum Gasteiger partial charge on any atom is 0.232 e. The molecule has 0 bridgehead atoms. The molecule has 2 fully saturated rings. The average Bonchev–Trinajstić information content (AvgIpc) is 2.95. The summed E-state index contributed by atoms with van der Waals surface area (Å²) in [5, 5.41) is 2.02. The Morgan fingerprint density at radius 3 is 2.86 bits per heavy atom. The van der Waals surface area contributed by atoms with E-state index in [1.54, 1.807) is 11.3 Å². The summed E-state index contributed by atoms with van der Waals surface area (Å²) < 4.78 is 4.76. The van der Waals surface area contributed by atoms with Crippen LogP contribution in [0.2, 0.25) is 0 Å². The van der Waals surface area contributed by atoms with Crippen molar-refractivity contribution in [1.82, 2.24) is 4.90 Å². The van der Waals surface area contributed by atoms with Crippen molar-refractivity contribution in [3.8, 4) is 0 Å². The van der Waals surface area contributed by atoms with Gasteiger partial charge in [-0.2, -0.15) is 0 Å². The Hall–Kier alpha value is -0.290. The van der Waals surface area contributed by atoms with Gasteiger partial charge in [0.05, 0.1) is 18.1 Å². The molecular weight excluding hydrogens is 329 g/mol. The molecule has 1 saturated carbocycles. The number of ether oxygens (including phenoxy) is 1. The Morgan fingerprint density at radius 2 is 2.33 bits per heavy atom. The van der Waals surface area contributed by atoms with E-state index >= 15 is 0 Å². The van der Waals surface area contributed by atoms with Gasteiger partial charge in [0.25, 0.3) is 0 Å². The van der Waals surface area contributed by atoms with E-state index in [-0.39, 0.29) is 12.0 Å². The number of rotatable bonds is 5. The molecule has 2 atom stereocenters. The smallest absolute Gasteiger partial charge is 0.232 e. The third-order valence-electron chi connectivity index (χ3n) is 4.39. The molecular formula is C15H19Cl2NO2S. The van der Waals surface area contributed by atoms with E-state index in [9.17, 15) is 4.79 Å². The van der Waals surface area contributed by atoms with Gasteiger partial charge in [-0.05, 0) is 37.6 Å². The lowest BCUT2D eigenvalue weighted by molar-refractivity contribution is -0.138. The van der Waals surface area contributed by atoms with Gasteiger partial charge in [-0.1, -0.05) is 6.07 Å². The Balaban J connectivity index is 1.73. The van der Waals surface area contributed by atoms with Gasteiger partial charge in [0.15, 0.2) is 0 Å². The molecule has 3 rings (SSSR count). The maximum absolute atomic E-state index is 12.9. The standard InChI is InChI=1S/C15H19Cl2NO2S/c1-14(10-15(14,16)17)13(19)18(8-11-4-2-6-20-11)9-12-5-3-7-21-12/h3,5,7,11H,2,4,6,8-10H2,1H3. The summed E-state index contributed by atoms with van der Waals surface area (Å²) in [5.74, 6) is 0.0383. The quantitative estimate of drug-likeness (QED) is 0.757. The summed E-state index contributed by atoms with van der Waals surface area (Å²) in [6, 6.07) is 4.05. The number of amides is 1. The number of carbonyl (C=O) groups excluding carboxylic acids is 1. The summed E-state index contributed by atoms with van der Waals surface area (Å²) in [6.07, 6.45) is 2.74. The molecule has 21 heavy (non-hydrogen) atoms. The summed E-state index contributed by atoms with van der Waals surface area (Å²) in [6.45, 7) is 3.87. The highest BCUT2D eigenvalue weighted by Crippen LogP contribution is 2.64. The van der Waals surface area contributed by atoms with Gasteiger partial charge in [0.2, 0.25) is 5.91 Å². The zero-order valence-corrected chi connectivity index (χ0v) is 14.3. The van der Waals surface area contributed by atoms with Gasteiger partial charge in [-0.25, -0.2) is 0 Å². The minimum atomic E-state index is -0.922. The second-order valence-electron chi connectivity index (χ2n) is 6.11. The fraction of sp³-hybridized carbons (Fsp3) is 0.667. The molecule has 6 heteroatoms. The first-order chi connectivity index (χ1) is 9.92. The van der Waals surface area contributed by atoms with Crippen molar-refractivity contribution in [1.29, 1.82) is 0 Å². The Bertz CT molecular complexity index is 514. The number of hydrogen-bond donors (Lipinski definition) is 0. The number of nitrogens with zero attached hydrogens (tertiary/aromatic N) is 1. The average molecular weight is 348 g/mol. The van der Waals surface area contributed by atoms with Crippen molar-refractivity contribution in [2.75, 3.05) is 13.2 Å². The van der Waals surface area contributed by atoms with Crippen molar-refractivity contribution in [3.05, 3.63) is 22.4 Å². The second-order valence-corrected chi connectivity index (χ2v) is 8.63. The first-order valence-electron chi connectivity index (χ1n) is 7.23. The molecule has 0 N–H and O–H groups in total. The Labute approximate surface area is 139 Å². The van der Waals surface area contributed by atoms with Crippen molar-refractivity contribution in [2.45, 2.75) is 43.2 Å². The van der Waals surface area contributed by atoms with Crippen LogP contribution < -0.4 is 0 Å². The fourth-order valence-corrected chi connectivity index (χ4v) is 4.24. The second kappa shape index (κ2) is 5.73. The van der Waals surface area contributed by atoms with Gasteiger partial charge in [-0.15, -0.1) is 34.5 Å². The van der Waals surface area contributed by atoms with Crippen LogP contribution in [0.15, 0.2) is 17.5 Å². The van der Waals surface area contributed by atoms with Crippen molar-refractivity contribution >= 4 is 40.4 Å². The van der Waals surface area contributed by atoms with Crippen LogP contribution in [-0.2, 0) is 16.1 Å². The summed E-state index contributed by atoms with van der Waals surface area (Å²) >= 11 is 14.0. The molecule has 1 saturated heterocycles. The number of halogens is 2. The summed E-state index contributed by atoms with van der Waals surface area (Å²) in [7, 11) is 0. The molecule has 0 spiro atoms. The van der Waals surface area contributed by atoms with E-state index in [0.717, 1.165) is 19.4 Å². The largest absolute Gasteiger partial charge is 0.376 e. The molecule has 0 aromatic carbocycles. The predicted molar refractivity (Wildman–Crippen MR) is 85.9 cm³/mol. The van der Waals surface area contributed by atoms with Gasteiger partial charge >= 0.3 is 0 Å². The van der Waals surface area contributed by atoms with E-state index in [4.69, 9.17) is 27.9 Å². The predicted octanol–water partition coefficient (Wildman–Crippen LogP) is 3.84. The summed E-state index contributed by atoms with van der Waals surface area (Å²) in [4.78, 5) is 15.9. The van der Waals surface area contributed by atoms with Crippen molar-refractivity contribution in [2.24, 2.45) is 5.41 Å². The van der Waals surface area contributed by atoms with Crippen LogP contribution >= 0.6 is 34.5 Å². The zero-order valence-electron chi connectivity index (χ0n) is 12.0. The molecule has 3 nitrogen and oxygen atoms in total. The molecule has 1 aliphatic heterocycles. The fourth-order valence-electron chi connectivity index (χ4n) is 2.82. The van der Waals surface area contributed by atoms with Crippen LogP contribution in [-0.4, -0.2) is 34.4 Å². The monoisotopic (exact) mass is 347 g/mol. The molecule has 1 aromatic rings. The van der Waals surface area contributed by atoms with Crippen LogP contribution in [0.1, 0.15) is 31.1 Å². The van der Waals surface area contributed by atoms with Crippen molar-refractivity contribution in [3.63, 3.8) is 0 Å². The van der Waals surface area contributed by atoms with Crippen LogP contribution in [0.3, 0.4) is 0 Å². The number of hydrogen-bond acceptors (Lipinski definition) is 3. The Kier molecular flexibility index (Phi) is 4.25. The van der Waals surface area contributed by atoms with Crippen molar-refractivity contribution < 1.29 is 9.53 Å². The molecule has 2 unspecified atom stereocenters. The van der Waals surface area contributed by atoms with Crippen LogP contribution in [0.25, 0.3) is 0 Å². The lowest BCUT2D eigenvalue weighted by Gasteiger charge is -2.28. The van der Waals surface area contributed by atoms with Crippen LogP contribution in [0, 0.1) is 5.41 Å². The van der Waals surface area contributed by atoms with Gasteiger partial charge in [0.1, 0.15) is 4.33 Å². The van der Waals surface area contributed by atoms with Gasteiger partial charge < -0.3 is 9.64 Å². The van der Waals surface area contributed by atoms with E-state index in [0.29, 0.717) is 19.5 Å². The first-order valence-corrected chi connectivity index (χ1v) is 8.87. The van der Waals surface area contributed by atoms with Gasteiger partial charge in [0, 0.05) is 18.0 Å². The molecule has 116 valence electrons. The molecule has 1 amide bonds. The molecule has 0 radical (unpaired) electrons. The third-order valence-corrected chi connectivity index (χ3v) is 6.35. The third kappa shape index (κ3) is 3.09. The molecule has 1 aromatic heterocycles. The molecule has 2 heterocycles. The van der Waals surface area contributed by atoms with Crippen LogP contribution in [0.4, 0.5) is 0 Å². The van der Waals surface area contributed by atoms with Crippen LogP contribution in [0.5, 0.6) is 0 Å². The molecule has 1 aliphatic carbocycles. The maximum atomic E-state index is 12.9. The lowest BCUT2D eigenvalue weighted by Crippen LogP contribution is -2.41. The highest BCUT2D eigenvalue weighted by atomic mass is 35.5. The first kappa shape index (κ1) is 15.6. The van der Waals surface area contributed by atoms with E-state index < -0.39 is 9.75 Å². The minimum absolute atomic E-state index is 0.0383. The van der Waals surface area contributed by atoms with E-state index in [2.05, 4.69) is 0 Å². The van der Waals surface area contributed by atoms with E-state index in [1.165, 1.54) is 4.88 Å². The molecule has 2 aliphatic rings. The Morgan fingerprint density at radius 1 is 1.57 bits per heavy atom. The number of carbonyl (C=O) groups is 1. The number of alkyl halides is 2. The SMILES string of the molecule is CC1(C(=O)N(Cc2cccs2)CC2CCCO2)CC1(Cl)Cl. The van der Waals surface area contributed by atoms with E-state index in [1.807, 2.05) is 29.3 Å². The highest BCUT2D eigenvalue weighted by molar-refractivity contribution is 7.09. The topological polar surface area (TPSA) is 29.5 Å². The minimum Gasteiger partial charge on any atom is -0.376 e. The summed E-state index contributed by atoms with van der Waals surface area (Å²) in [5.41, 5.74) is -0.661. The highest BCUT2D eigenvalue weighted by Gasteiger charge is 2.68. The van der Waals surface area contributed by atoms with Gasteiger partial charge in [-0.3, -0.25) is 4.79 Å². The zero-order chi connectivity index (χ0) is 15.1. The number of thiophene rings is 1.